The number of H-pyrrole nitrogens is 2. The number of carbonyl (C=O) groups is 2. The summed E-state index contributed by atoms with van der Waals surface area (Å²) in [6, 6.07) is 20.8. The minimum Gasteiger partial charge on any atom is -0.369 e. The molecular weight excluding hydrogens is 628 g/mol. The van der Waals surface area contributed by atoms with Gasteiger partial charge in [-0.05, 0) is 75.2 Å². The fourth-order valence-corrected chi connectivity index (χ4v) is 7.92. The maximum Gasteiger partial charge on any atom is 0.189 e. The predicted molar refractivity (Wildman–Crippen MR) is 191 cm³/mol. The van der Waals surface area contributed by atoms with Crippen LogP contribution in [0.5, 0.6) is 0 Å². The summed E-state index contributed by atoms with van der Waals surface area (Å²) in [5.74, 6) is 0.0753. The second kappa shape index (κ2) is 13.0. The Morgan fingerprint density at radius 2 is 1.06 bits per heavy atom. The summed E-state index contributed by atoms with van der Waals surface area (Å²) < 4.78 is 11.2. The number of hydrogen-bond donors (Lipinski definition) is 4. The molecule has 10 nitrogen and oxygen atoms in total. The smallest absolute Gasteiger partial charge is 0.189 e. The topological polar surface area (TPSA) is 134 Å². The highest BCUT2D eigenvalue weighted by atomic mass is 16.5. The van der Waals surface area contributed by atoms with E-state index >= 15 is 0 Å². The highest BCUT2D eigenvalue weighted by Gasteiger charge is 2.25. The van der Waals surface area contributed by atoms with Gasteiger partial charge in [0, 0.05) is 79.7 Å². The molecule has 6 aromatic rings. The van der Waals surface area contributed by atoms with E-state index in [1.165, 1.54) is 12.8 Å². The molecule has 252 valence electrons. The zero-order chi connectivity index (χ0) is 33.6. The molecule has 2 fully saturated rings. The number of Topliss-reactive ketones (excluding diaryl/α,β-unsaturated/α-hetero) is 2. The van der Waals surface area contributed by atoms with E-state index in [2.05, 4.69) is 54.8 Å². The minimum absolute atomic E-state index is 0.0377. The third-order valence-corrected chi connectivity index (χ3v) is 10.4. The van der Waals surface area contributed by atoms with Crippen molar-refractivity contribution in [2.45, 2.75) is 51.0 Å². The maximum atomic E-state index is 12.3. The third-order valence-electron chi connectivity index (χ3n) is 10.4. The molecule has 0 radical (unpaired) electrons. The van der Waals surface area contributed by atoms with Gasteiger partial charge in [-0.15, -0.1) is 0 Å². The number of benzene rings is 2. The van der Waals surface area contributed by atoms with Gasteiger partial charge in [0.15, 0.2) is 11.6 Å². The molecule has 4 aliphatic rings. The highest BCUT2D eigenvalue weighted by molar-refractivity contribution is 6.12. The number of pyridine rings is 2. The monoisotopic (exact) mass is 666 g/mol. The molecule has 0 bridgehead atoms. The zero-order valence-electron chi connectivity index (χ0n) is 27.7. The van der Waals surface area contributed by atoms with Gasteiger partial charge in [-0.2, -0.15) is 0 Å². The van der Waals surface area contributed by atoms with E-state index in [0.29, 0.717) is 25.3 Å². The Bertz CT molecular complexity index is 2070. The summed E-state index contributed by atoms with van der Waals surface area (Å²) in [4.78, 5) is 40.8. The third kappa shape index (κ3) is 5.54. The number of aromatic amines is 2. The van der Waals surface area contributed by atoms with E-state index in [4.69, 9.17) is 9.47 Å². The summed E-state index contributed by atoms with van der Waals surface area (Å²) >= 11 is 0. The number of hydrogen-bond acceptors (Lipinski definition) is 8. The lowest BCUT2D eigenvalue weighted by molar-refractivity contribution is 0.0738. The molecular formula is C40H38N6O4. The summed E-state index contributed by atoms with van der Waals surface area (Å²) in [5.41, 5.74) is 11.8. The Labute approximate surface area is 289 Å². The average molecular weight is 667 g/mol. The van der Waals surface area contributed by atoms with Crippen LogP contribution in [0.4, 0.5) is 0 Å². The van der Waals surface area contributed by atoms with E-state index in [0.717, 1.165) is 104 Å². The van der Waals surface area contributed by atoms with E-state index in [9.17, 15) is 9.59 Å². The first-order chi connectivity index (χ1) is 24.6. The van der Waals surface area contributed by atoms with E-state index in [1.54, 1.807) is 0 Å². The highest BCUT2D eigenvalue weighted by Crippen LogP contribution is 2.37. The van der Waals surface area contributed by atoms with Crippen LogP contribution in [0.3, 0.4) is 0 Å². The van der Waals surface area contributed by atoms with Crippen LogP contribution in [-0.4, -0.2) is 57.8 Å². The van der Waals surface area contributed by atoms with Crippen LogP contribution < -0.4 is 10.6 Å². The molecule has 2 atom stereocenters. The van der Waals surface area contributed by atoms with Gasteiger partial charge in [0.05, 0.1) is 36.0 Å². The van der Waals surface area contributed by atoms with Gasteiger partial charge < -0.3 is 30.1 Å². The van der Waals surface area contributed by atoms with E-state index < -0.39 is 0 Å². The molecule has 4 aliphatic heterocycles. The zero-order valence-corrected chi connectivity index (χ0v) is 27.7. The van der Waals surface area contributed by atoms with Crippen LogP contribution in [0.15, 0.2) is 73.1 Å². The molecule has 4 N–H and O–H groups in total. The summed E-state index contributed by atoms with van der Waals surface area (Å²) in [7, 11) is 0. The van der Waals surface area contributed by atoms with Crippen molar-refractivity contribution < 1.29 is 19.1 Å². The van der Waals surface area contributed by atoms with Crippen LogP contribution in [0, 0.1) is 0 Å². The number of ether oxygens (including phenoxy) is 2. The molecule has 2 saturated heterocycles. The van der Waals surface area contributed by atoms with Crippen LogP contribution in [0.25, 0.3) is 44.3 Å². The number of rotatable bonds is 4. The minimum atomic E-state index is 0.0377. The molecule has 0 saturated carbocycles. The van der Waals surface area contributed by atoms with Gasteiger partial charge in [0.2, 0.25) is 0 Å². The summed E-state index contributed by atoms with van der Waals surface area (Å²) in [6.07, 6.45) is 8.53. The second-order valence-corrected chi connectivity index (χ2v) is 13.5. The quantitative estimate of drug-likeness (QED) is 0.163. The van der Waals surface area contributed by atoms with Crippen molar-refractivity contribution in [3.05, 3.63) is 107 Å². The van der Waals surface area contributed by atoms with Gasteiger partial charge in [-0.1, -0.05) is 24.3 Å². The van der Waals surface area contributed by atoms with Crippen LogP contribution in [-0.2, 0) is 22.7 Å². The molecule has 8 heterocycles. The normalized spacial score (nSPS) is 20.2. The van der Waals surface area contributed by atoms with Crippen molar-refractivity contribution in [1.29, 1.82) is 0 Å². The maximum absolute atomic E-state index is 12.3. The van der Waals surface area contributed by atoms with Gasteiger partial charge in [-0.3, -0.25) is 19.6 Å². The van der Waals surface area contributed by atoms with Crippen LogP contribution in [0.2, 0.25) is 0 Å². The lowest BCUT2D eigenvalue weighted by Crippen LogP contribution is -2.13. The molecule has 10 heteroatoms. The van der Waals surface area contributed by atoms with Gasteiger partial charge in [-0.25, -0.2) is 0 Å². The van der Waals surface area contributed by atoms with Crippen molar-refractivity contribution in [3.8, 4) is 22.5 Å². The molecule has 4 aromatic heterocycles. The first kappa shape index (κ1) is 31.0. The SMILES string of the molecule is O=C1COCc2c(-c3ccc([C@@H]4CCCN4)nc3)[nH]c3cccc1c23.O=C1COCc2c(-c3ccc([C@H]4CCCN4)nc3)[nH]c3cccc1c23. The molecule has 0 spiro atoms. The second-order valence-electron chi connectivity index (χ2n) is 13.5. The molecule has 0 amide bonds. The van der Waals surface area contributed by atoms with Crippen LogP contribution >= 0.6 is 0 Å². The average Bonchev–Trinajstić information content (AvgIpc) is 3.97. The summed E-state index contributed by atoms with van der Waals surface area (Å²) in [5, 5.41) is 8.93. The Morgan fingerprint density at radius 1 is 0.580 bits per heavy atom. The number of nitrogens with one attached hydrogen (secondary N) is 4. The Kier molecular flexibility index (Phi) is 8.09. The van der Waals surface area contributed by atoms with Crippen molar-refractivity contribution in [3.63, 3.8) is 0 Å². The molecule has 2 aromatic carbocycles. The molecule has 10 rings (SSSR count). The summed E-state index contributed by atoms with van der Waals surface area (Å²) in [6.45, 7) is 3.27. The number of aromatic nitrogens is 4. The lowest BCUT2D eigenvalue weighted by atomic mass is 10.0. The van der Waals surface area contributed by atoms with E-state index in [1.807, 2.05) is 48.8 Å². The van der Waals surface area contributed by atoms with Crippen molar-refractivity contribution in [1.82, 2.24) is 30.6 Å². The van der Waals surface area contributed by atoms with Crippen molar-refractivity contribution in [2.24, 2.45) is 0 Å². The van der Waals surface area contributed by atoms with E-state index in [-0.39, 0.29) is 24.8 Å². The Morgan fingerprint density at radius 3 is 1.46 bits per heavy atom. The standard InChI is InChI=1S/2C20H19N3O2/c2*24-18-11-25-10-14-19-13(18)3-1-4-17(19)23-20(14)12-6-7-16(22-9-12)15-5-2-8-21-15/h2*1,3-4,6-7,9,15,21,23H,2,5,8,10-11H2/t2*15-/m10/s1. The van der Waals surface area contributed by atoms with Gasteiger partial charge in [0.25, 0.3) is 0 Å². The fraction of sp³-hybridized carbons (Fsp3) is 0.300. The van der Waals surface area contributed by atoms with Crippen LogP contribution in [0.1, 0.15) is 81.0 Å². The predicted octanol–water partition coefficient (Wildman–Crippen LogP) is 6.73. The van der Waals surface area contributed by atoms with Gasteiger partial charge in [0.1, 0.15) is 13.2 Å². The molecule has 50 heavy (non-hydrogen) atoms. The van der Waals surface area contributed by atoms with Crippen molar-refractivity contribution >= 4 is 33.4 Å². The Hall–Kier alpha value is -5.00. The fourth-order valence-electron chi connectivity index (χ4n) is 7.92. The lowest BCUT2D eigenvalue weighted by Gasteiger charge is -2.10. The Balaban J connectivity index is 0.000000135. The first-order valence-corrected chi connectivity index (χ1v) is 17.5. The number of ketones is 2. The largest absolute Gasteiger partial charge is 0.369 e. The number of carbonyl (C=O) groups excluding carboxylic acids is 2. The van der Waals surface area contributed by atoms with Gasteiger partial charge >= 0.3 is 0 Å². The first-order valence-electron chi connectivity index (χ1n) is 17.5. The van der Waals surface area contributed by atoms with Crippen molar-refractivity contribution in [2.75, 3.05) is 26.3 Å². The number of nitrogens with zero attached hydrogens (tertiary/aromatic N) is 2. The molecule has 0 unspecified atom stereocenters. The molecule has 0 aliphatic carbocycles.